The molecule has 3 aromatic rings. The molecule has 0 spiro atoms. The minimum Gasteiger partial charge on any atom is -0.465 e. The van der Waals surface area contributed by atoms with Crippen molar-refractivity contribution in [1.29, 1.82) is 0 Å². The first kappa shape index (κ1) is 19.8. The van der Waals surface area contributed by atoms with E-state index in [1.165, 1.54) is 19.2 Å². The van der Waals surface area contributed by atoms with E-state index >= 15 is 0 Å². The summed E-state index contributed by atoms with van der Waals surface area (Å²) in [6.45, 7) is 0.444. The normalized spacial score (nSPS) is 10.1. The van der Waals surface area contributed by atoms with Gasteiger partial charge in [-0.3, -0.25) is 9.59 Å². The van der Waals surface area contributed by atoms with Crippen molar-refractivity contribution >= 4 is 23.5 Å². The number of amides is 2. The molecule has 29 heavy (non-hydrogen) atoms. The van der Waals surface area contributed by atoms with E-state index in [1.54, 1.807) is 36.4 Å². The molecule has 6 nitrogen and oxygen atoms in total. The molecule has 0 aromatic heterocycles. The first-order chi connectivity index (χ1) is 14.1. The van der Waals surface area contributed by atoms with Gasteiger partial charge in [0.15, 0.2) is 0 Å². The molecule has 0 radical (unpaired) electrons. The molecule has 0 saturated carbocycles. The van der Waals surface area contributed by atoms with Gasteiger partial charge in [-0.25, -0.2) is 4.79 Å². The average molecular weight is 388 g/mol. The van der Waals surface area contributed by atoms with Gasteiger partial charge >= 0.3 is 5.97 Å². The van der Waals surface area contributed by atoms with Gasteiger partial charge in [0.1, 0.15) is 0 Å². The number of hydrogen-bond donors (Lipinski definition) is 2. The third kappa shape index (κ3) is 5.29. The zero-order valence-corrected chi connectivity index (χ0v) is 15.8. The standard InChI is InChI=1S/C23H20N2O4/c1-29-23(28)19-9-7-18(8-10-19)22(27)25-20-13-11-17(12-14-20)21(26)24-15-16-5-3-2-4-6-16/h2-14H,15H2,1H3,(H,24,26)(H,25,27). The lowest BCUT2D eigenvalue weighted by Crippen LogP contribution is -2.22. The Kier molecular flexibility index (Phi) is 6.37. The van der Waals surface area contributed by atoms with Gasteiger partial charge in [-0.2, -0.15) is 0 Å². The summed E-state index contributed by atoms with van der Waals surface area (Å²) in [5, 5.41) is 5.61. The zero-order chi connectivity index (χ0) is 20.6. The topological polar surface area (TPSA) is 84.5 Å². The number of nitrogens with one attached hydrogen (secondary N) is 2. The fourth-order valence-corrected chi connectivity index (χ4v) is 2.66. The third-order valence-corrected chi connectivity index (χ3v) is 4.27. The molecule has 3 rings (SSSR count). The van der Waals surface area contributed by atoms with Crippen LogP contribution in [0.2, 0.25) is 0 Å². The highest BCUT2D eigenvalue weighted by molar-refractivity contribution is 6.05. The lowest BCUT2D eigenvalue weighted by atomic mass is 10.1. The van der Waals surface area contributed by atoms with Gasteiger partial charge in [-0.15, -0.1) is 0 Å². The van der Waals surface area contributed by atoms with Crippen molar-refractivity contribution in [1.82, 2.24) is 5.32 Å². The summed E-state index contributed by atoms with van der Waals surface area (Å²) in [6, 6.07) is 22.4. The summed E-state index contributed by atoms with van der Waals surface area (Å²) < 4.78 is 4.63. The molecule has 0 unspecified atom stereocenters. The number of esters is 1. The summed E-state index contributed by atoms with van der Waals surface area (Å²) in [5.74, 6) is -0.967. The zero-order valence-electron chi connectivity index (χ0n) is 15.8. The van der Waals surface area contributed by atoms with Crippen LogP contribution in [0, 0.1) is 0 Å². The number of carbonyl (C=O) groups is 3. The van der Waals surface area contributed by atoms with Crippen LogP contribution in [0.3, 0.4) is 0 Å². The van der Waals surface area contributed by atoms with E-state index in [1.807, 2.05) is 30.3 Å². The van der Waals surface area contributed by atoms with Crippen LogP contribution in [0.4, 0.5) is 5.69 Å². The smallest absolute Gasteiger partial charge is 0.337 e. The maximum atomic E-state index is 12.3. The maximum Gasteiger partial charge on any atom is 0.337 e. The fourth-order valence-electron chi connectivity index (χ4n) is 2.66. The van der Waals surface area contributed by atoms with E-state index < -0.39 is 5.97 Å². The number of methoxy groups -OCH3 is 1. The van der Waals surface area contributed by atoms with Crippen LogP contribution in [-0.4, -0.2) is 24.9 Å². The number of ether oxygens (including phenoxy) is 1. The van der Waals surface area contributed by atoms with Crippen LogP contribution in [0.25, 0.3) is 0 Å². The molecule has 0 aliphatic rings. The molecule has 2 amide bonds. The Bertz CT molecular complexity index is 997. The molecular formula is C23H20N2O4. The van der Waals surface area contributed by atoms with Crippen molar-refractivity contribution in [3.05, 3.63) is 101 Å². The average Bonchev–Trinajstić information content (AvgIpc) is 2.78. The van der Waals surface area contributed by atoms with Crippen LogP contribution >= 0.6 is 0 Å². The van der Waals surface area contributed by atoms with Crippen LogP contribution in [0.5, 0.6) is 0 Å². The Hall–Kier alpha value is -3.93. The third-order valence-electron chi connectivity index (χ3n) is 4.27. The highest BCUT2D eigenvalue weighted by Crippen LogP contribution is 2.13. The van der Waals surface area contributed by atoms with E-state index in [0.717, 1.165) is 5.56 Å². The molecule has 0 aliphatic heterocycles. The van der Waals surface area contributed by atoms with Crippen LogP contribution < -0.4 is 10.6 Å². The first-order valence-corrected chi connectivity index (χ1v) is 8.99. The quantitative estimate of drug-likeness (QED) is 0.631. The second-order valence-electron chi connectivity index (χ2n) is 6.27. The van der Waals surface area contributed by atoms with Gasteiger partial charge in [0, 0.05) is 23.4 Å². The van der Waals surface area contributed by atoms with E-state index in [2.05, 4.69) is 15.4 Å². The summed E-state index contributed by atoms with van der Waals surface area (Å²) in [5.41, 5.74) is 2.85. The summed E-state index contributed by atoms with van der Waals surface area (Å²) in [4.78, 5) is 36.0. The first-order valence-electron chi connectivity index (χ1n) is 8.99. The molecule has 0 aliphatic carbocycles. The van der Waals surface area contributed by atoms with E-state index in [9.17, 15) is 14.4 Å². The van der Waals surface area contributed by atoms with Gasteiger partial charge in [0.05, 0.1) is 12.7 Å². The number of benzene rings is 3. The molecule has 0 saturated heterocycles. The van der Waals surface area contributed by atoms with Crippen molar-refractivity contribution < 1.29 is 19.1 Å². The van der Waals surface area contributed by atoms with Gasteiger partial charge in [0.25, 0.3) is 11.8 Å². The Morgan fingerprint density at radius 2 is 1.28 bits per heavy atom. The van der Waals surface area contributed by atoms with Crippen molar-refractivity contribution in [2.45, 2.75) is 6.54 Å². The lowest BCUT2D eigenvalue weighted by molar-refractivity contribution is 0.0600. The summed E-state index contributed by atoms with van der Waals surface area (Å²) in [7, 11) is 1.30. The summed E-state index contributed by atoms with van der Waals surface area (Å²) in [6.07, 6.45) is 0. The Balaban J connectivity index is 1.57. The second-order valence-corrected chi connectivity index (χ2v) is 6.27. The number of anilines is 1. The molecule has 0 bridgehead atoms. The molecule has 6 heteroatoms. The van der Waals surface area contributed by atoms with E-state index in [-0.39, 0.29) is 11.8 Å². The number of hydrogen-bond acceptors (Lipinski definition) is 4. The Labute approximate surface area is 168 Å². The summed E-state index contributed by atoms with van der Waals surface area (Å²) >= 11 is 0. The molecule has 0 atom stereocenters. The number of carbonyl (C=O) groups excluding carboxylic acids is 3. The molecule has 2 N–H and O–H groups in total. The van der Waals surface area contributed by atoms with Crippen molar-refractivity contribution in [2.75, 3.05) is 12.4 Å². The predicted molar refractivity (Wildman–Crippen MR) is 110 cm³/mol. The van der Waals surface area contributed by atoms with Crippen LogP contribution in [-0.2, 0) is 11.3 Å². The molecule has 146 valence electrons. The maximum absolute atomic E-state index is 12.3. The van der Waals surface area contributed by atoms with Crippen molar-refractivity contribution in [2.24, 2.45) is 0 Å². The van der Waals surface area contributed by atoms with Crippen LogP contribution in [0.1, 0.15) is 36.6 Å². The van der Waals surface area contributed by atoms with Gasteiger partial charge in [0.2, 0.25) is 0 Å². The van der Waals surface area contributed by atoms with E-state index in [4.69, 9.17) is 0 Å². The highest BCUT2D eigenvalue weighted by Gasteiger charge is 2.10. The van der Waals surface area contributed by atoms with Crippen molar-refractivity contribution in [3.63, 3.8) is 0 Å². The monoisotopic (exact) mass is 388 g/mol. The minimum atomic E-state index is -0.460. The van der Waals surface area contributed by atoms with Crippen LogP contribution in [0.15, 0.2) is 78.9 Å². The second kappa shape index (κ2) is 9.32. The van der Waals surface area contributed by atoms with Gasteiger partial charge < -0.3 is 15.4 Å². The molecule has 0 fully saturated rings. The van der Waals surface area contributed by atoms with Gasteiger partial charge in [-0.05, 0) is 54.1 Å². The molecular weight excluding hydrogens is 368 g/mol. The van der Waals surface area contributed by atoms with Gasteiger partial charge in [-0.1, -0.05) is 30.3 Å². The Morgan fingerprint density at radius 1 is 0.724 bits per heavy atom. The van der Waals surface area contributed by atoms with E-state index in [0.29, 0.717) is 28.9 Å². The minimum absolute atomic E-state index is 0.190. The SMILES string of the molecule is COC(=O)c1ccc(C(=O)Nc2ccc(C(=O)NCc3ccccc3)cc2)cc1. The van der Waals surface area contributed by atoms with Crippen molar-refractivity contribution in [3.8, 4) is 0 Å². The fraction of sp³-hybridized carbons (Fsp3) is 0.0870. The largest absolute Gasteiger partial charge is 0.465 e. The molecule has 3 aromatic carbocycles. The lowest BCUT2D eigenvalue weighted by Gasteiger charge is -2.08. The Morgan fingerprint density at radius 3 is 1.90 bits per heavy atom. The number of rotatable bonds is 6. The highest BCUT2D eigenvalue weighted by atomic mass is 16.5. The predicted octanol–water partition coefficient (Wildman–Crippen LogP) is 3.66. The molecule has 0 heterocycles.